The lowest BCUT2D eigenvalue weighted by Gasteiger charge is -2.36. The van der Waals surface area contributed by atoms with Crippen molar-refractivity contribution in [2.45, 2.75) is 37.0 Å². The molecule has 2 rings (SSSR count). The zero-order valence-electron chi connectivity index (χ0n) is 11.9. The van der Waals surface area contributed by atoms with E-state index in [9.17, 15) is 13.5 Å². The van der Waals surface area contributed by atoms with Crippen LogP contribution in [0.1, 0.15) is 32.1 Å². The first-order valence-electron chi connectivity index (χ1n) is 7.10. The van der Waals surface area contributed by atoms with Crippen LogP contribution in [0.25, 0.3) is 0 Å². The molecule has 0 aliphatic heterocycles. The monoisotopic (exact) mass is 297 g/mol. The number of benzene rings is 1. The third-order valence-electron chi connectivity index (χ3n) is 4.20. The Morgan fingerprint density at radius 1 is 1.15 bits per heavy atom. The molecule has 5 heteroatoms. The molecule has 20 heavy (non-hydrogen) atoms. The highest BCUT2D eigenvalue weighted by Crippen LogP contribution is 2.36. The second-order valence-electron chi connectivity index (χ2n) is 5.87. The smallest absolute Gasteiger partial charge is 0.175 e. The minimum atomic E-state index is -3.14. The fourth-order valence-corrected chi connectivity index (χ4v) is 3.43. The van der Waals surface area contributed by atoms with E-state index in [1.54, 1.807) is 24.3 Å². The van der Waals surface area contributed by atoms with Crippen LogP contribution in [0, 0.1) is 5.41 Å². The minimum absolute atomic E-state index is 0.0201. The van der Waals surface area contributed by atoms with Gasteiger partial charge < -0.3 is 10.4 Å². The maximum atomic E-state index is 11.4. The van der Waals surface area contributed by atoms with E-state index in [1.807, 2.05) is 0 Å². The predicted octanol–water partition coefficient (Wildman–Crippen LogP) is 2.44. The molecule has 1 saturated carbocycles. The maximum Gasteiger partial charge on any atom is 0.175 e. The summed E-state index contributed by atoms with van der Waals surface area (Å²) in [6.07, 6.45) is 6.92. The average molecular weight is 297 g/mol. The number of nitrogens with one attached hydrogen (secondary N) is 1. The van der Waals surface area contributed by atoms with Gasteiger partial charge in [0.25, 0.3) is 0 Å². The molecule has 0 bridgehead atoms. The lowest BCUT2D eigenvalue weighted by molar-refractivity contribution is 0.0944. The van der Waals surface area contributed by atoms with Gasteiger partial charge in [0, 0.05) is 23.9 Å². The first-order chi connectivity index (χ1) is 9.45. The predicted molar refractivity (Wildman–Crippen MR) is 80.6 cm³/mol. The number of hydrogen-bond acceptors (Lipinski definition) is 4. The third-order valence-corrected chi connectivity index (χ3v) is 5.33. The molecule has 0 spiro atoms. The van der Waals surface area contributed by atoms with Crippen molar-refractivity contribution in [3.8, 4) is 0 Å². The molecule has 112 valence electrons. The molecule has 0 heterocycles. The number of aliphatic hydroxyl groups excluding tert-OH is 1. The van der Waals surface area contributed by atoms with Gasteiger partial charge in [-0.05, 0) is 37.1 Å². The first kappa shape index (κ1) is 15.3. The highest BCUT2D eigenvalue weighted by atomic mass is 32.2. The van der Waals surface area contributed by atoms with Gasteiger partial charge in [-0.15, -0.1) is 0 Å². The summed E-state index contributed by atoms with van der Waals surface area (Å²) in [7, 11) is -3.14. The van der Waals surface area contributed by atoms with Gasteiger partial charge in [-0.3, -0.25) is 0 Å². The second kappa shape index (κ2) is 6.14. The Balaban J connectivity index is 2.00. The molecule has 1 aliphatic rings. The number of rotatable bonds is 5. The molecule has 1 fully saturated rings. The van der Waals surface area contributed by atoms with Crippen molar-refractivity contribution in [3.05, 3.63) is 24.3 Å². The fraction of sp³-hybridized carbons (Fsp3) is 0.600. The van der Waals surface area contributed by atoms with Crippen LogP contribution < -0.4 is 5.32 Å². The van der Waals surface area contributed by atoms with Crippen LogP contribution in [-0.2, 0) is 9.84 Å². The summed E-state index contributed by atoms with van der Waals surface area (Å²) in [6.45, 7) is 0.948. The van der Waals surface area contributed by atoms with Crippen LogP contribution in [0.2, 0.25) is 0 Å². The van der Waals surface area contributed by atoms with Crippen LogP contribution in [-0.4, -0.2) is 32.9 Å². The molecule has 1 aliphatic carbocycles. The molecular weight excluding hydrogens is 274 g/mol. The van der Waals surface area contributed by atoms with Crippen molar-refractivity contribution in [2.75, 3.05) is 24.7 Å². The minimum Gasteiger partial charge on any atom is -0.396 e. The largest absolute Gasteiger partial charge is 0.396 e. The van der Waals surface area contributed by atoms with Crippen LogP contribution >= 0.6 is 0 Å². The number of anilines is 1. The highest BCUT2D eigenvalue weighted by Gasteiger charge is 2.31. The van der Waals surface area contributed by atoms with Crippen LogP contribution in [0.5, 0.6) is 0 Å². The van der Waals surface area contributed by atoms with Crippen LogP contribution in [0.3, 0.4) is 0 Å². The molecular formula is C15H23NO3S. The lowest BCUT2D eigenvalue weighted by atomic mass is 9.74. The molecule has 1 aromatic carbocycles. The van der Waals surface area contributed by atoms with E-state index in [0.29, 0.717) is 4.90 Å². The molecule has 0 amide bonds. The van der Waals surface area contributed by atoms with Gasteiger partial charge in [-0.25, -0.2) is 8.42 Å². The Hall–Kier alpha value is -1.07. The average Bonchev–Trinajstić information content (AvgIpc) is 2.46. The van der Waals surface area contributed by atoms with Crippen molar-refractivity contribution in [3.63, 3.8) is 0 Å². The summed E-state index contributed by atoms with van der Waals surface area (Å²) < 4.78 is 22.8. The molecule has 1 aromatic rings. The summed E-state index contributed by atoms with van der Waals surface area (Å²) in [5.74, 6) is 0. The summed E-state index contributed by atoms with van der Waals surface area (Å²) in [6, 6.07) is 6.79. The van der Waals surface area contributed by atoms with Crippen molar-refractivity contribution in [1.29, 1.82) is 0 Å². The lowest BCUT2D eigenvalue weighted by Crippen LogP contribution is -2.35. The van der Waals surface area contributed by atoms with Crippen molar-refractivity contribution in [2.24, 2.45) is 5.41 Å². The molecule has 0 saturated heterocycles. The maximum absolute atomic E-state index is 11.4. The van der Waals surface area contributed by atoms with Gasteiger partial charge in [-0.1, -0.05) is 19.3 Å². The summed E-state index contributed by atoms with van der Waals surface area (Å²) in [5, 5.41) is 13.0. The summed E-state index contributed by atoms with van der Waals surface area (Å²) >= 11 is 0. The molecule has 4 nitrogen and oxygen atoms in total. The molecule has 0 atom stereocenters. The van der Waals surface area contributed by atoms with Gasteiger partial charge in [0.2, 0.25) is 0 Å². The van der Waals surface area contributed by atoms with Crippen LogP contribution in [0.4, 0.5) is 5.69 Å². The molecule has 0 radical (unpaired) electrons. The number of hydrogen-bond donors (Lipinski definition) is 2. The van der Waals surface area contributed by atoms with Gasteiger partial charge in [0.1, 0.15) is 0 Å². The standard InChI is InChI=1S/C15H23NO3S/c1-20(18,19)14-7-5-13(6-8-14)16-11-15(12-17)9-3-2-4-10-15/h5-8,16-17H,2-4,9-12H2,1H3. The van der Waals surface area contributed by atoms with Crippen molar-refractivity contribution < 1.29 is 13.5 Å². The quantitative estimate of drug-likeness (QED) is 0.876. The van der Waals surface area contributed by atoms with Crippen molar-refractivity contribution in [1.82, 2.24) is 0 Å². The van der Waals surface area contributed by atoms with Gasteiger partial charge in [0.15, 0.2) is 9.84 Å². The van der Waals surface area contributed by atoms with Crippen molar-refractivity contribution >= 4 is 15.5 Å². The molecule has 0 unspecified atom stereocenters. The van der Waals surface area contributed by atoms with Crippen LogP contribution in [0.15, 0.2) is 29.2 Å². The second-order valence-corrected chi connectivity index (χ2v) is 7.88. The van der Waals surface area contributed by atoms with Gasteiger partial charge in [-0.2, -0.15) is 0 Å². The van der Waals surface area contributed by atoms with E-state index in [2.05, 4.69) is 5.32 Å². The van der Waals surface area contributed by atoms with E-state index < -0.39 is 9.84 Å². The molecule has 2 N–H and O–H groups in total. The van der Waals surface area contributed by atoms with E-state index >= 15 is 0 Å². The Morgan fingerprint density at radius 2 is 1.75 bits per heavy atom. The zero-order chi connectivity index (χ0) is 14.6. The Labute approximate surface area is 121 Å². The normalized spacial score (nSPS) is 18.7. The van der Waals surface area contributed by atoms with Gasteiger partial charge >= 0.3 is 0 Å². The fourth-order valence-electron chi connectivity index (χ4n) is 2.80. The Bertz CT molecular complexity index is 531. The Kier molecular flexibility index (Phi) is 4.70. The summed E-state index contributed by atoms with van der Waals surface area (Å²) in [4.78, 5) is 0.331. The van der Waals surface area contributed by atoms with Gasteiger partial charge in [0.05, 0.1) is 11.5 Å². The summed E-state index contributed by atoms with van der Waals surface area (Å²) in [5.41, 5.74) is 0.879. The molecule has 0 aromatic heterocycles. The van der Waals surface area contributed by atoms with E-state index in [4.69, 9.17) is 0 Å². The SMILES string of the molecule is CS(=O)(=O)c1ccc(NCC2(CO)CCCCC2)cc1. The third kappa shape index (κ3) is 3.73. The zero-order valence-corrected chi connectivity index (χ0v) is 12.7. The van der Waals surface area contributed by atoms with E-state index in [-0.39, 0.29) is 12.0 Å². The van der Waals surface area contributed by atoms with E-state index in [1.165, 1.54) is 25.5 Å². The Morgan fingerprint density at radius 3 is 2.25 bits per heavy atom. The van der Waals surface area contributed by atoms with E-state index in [0.717, 1.165) is 25.1 Å². The number of sulfone groups is 1. The number of aliphatic hydroxyl groups is 1. The topological polar surface area (TPSA) is 66.4 Å². The first-order valence-corrected chi connectivity index (χ1v) is 8.99. The highest BCUT2D eigenvalue weighted by molar-refractivity contribution is 7.90.